The summed E-state index contributed by atoms with van der Waals surface area (Å²) in [6.07, 6.45) is 0. The minimum atomic E-state index is -0.132. The Morgan fingerprint density at radius 2 is 2.00 bits per heavy atom. The van der Waals surface area contributed by atoms with E-state index in [-0.39, 0.29) is 5.91 Å². The predicted molar refractivity (Wildman–Crippen MR) is 84.3 cm³/mol. The summed E-state index contributed by atoms with van der Waals surface area (Å²) in [7, 11) is 0. The highest BCUT2D eigenvalue weighted by Crippen LogP contribution is 2.25. The van der Waals surface area contributed by atoms with Crippen LogP contribution >= 0.6 is 11.6 Å². The molecule has 2 rings (SSSR count). The number of rotatable bonds is 4. The number of nitrogens with one attached hydrogen (secondary N) is 2. The Morgan fingerprint density at radius 3 is 2.65 bits per heavy atom. The van der Waals surface area contributed by atoms with Gasteiger partial charge in [0.1, 0.15) is 0 Å². The number of halogens is 1. The molecule has 0 saturated heterocycles. The lowest BCUT2D eigenvalue weighted by molar-refractivity contribution is -0.114. The standard InChI is InChI=1S/C16H17ClN2O/c1-11-4-3-5-13(8-11)10-18-14-6-7-16(15(17)9-14)19-12(2)20/h3-9,18H,10H2,1-2H3,(H,19,20). The normalized spacial score (nSPS) is 10.2. The van der Waals surface area contributed by atoms with Crippen molar-refractivity contribution in [3.8, 4) is 0 Å². The summed E-state index contributed by atoms with van der Waals surface area (Å²) in [5.41, 5.74) is 4.00. The van der Waals surface area contributed by atoms with Crippen LogP contribution in [0.1, 0.15) is 18.1 Å². The number of hydrogen-bond acceptors (Lipinski definition) is 2. The highest BCUT2D eigenvalue weighted by molar-refractivity contribution is 6.34. The first-order valence-electron chi connectivity index (χ1n) is 6.41. The average molecular weight is 289 g/mol. The third-order valence-corrected chi connectivity index (χ3v) is 3.17. The molecule has 0 aliphatic rings. The molecule has 0 heterocycles. The van der Waals surface area contributed by atoms with Crippen LogP contribution in [-0.2, 0) is 11.3 Å². The lowest BCUT2D eigenvalue weighted by atomic mass is 10.1. The van der Waals surface area contributed by atoms with E-state index in [1.165, 1.54) is 18.1 Å². The fraction of sp³-hybridized carbons (Fsp3) is 0.188. The third-order valence-electron chi connectivity index (χ3n) is 2.86. The number of carbonyl (C=O) groups excluding carboxylic acids is 1. The van der Waals surface area contributed by atoms with Crippen LogP contribution in [-0.4, -0.2) is 5.91 Å². The third kappa shape index (κ3) is 4.00. The van der Waals surface area contributed by atoms with Crippen molar-refractivity contribution in [3.63, 3.8) is 0 Å². The van der Waals surface area contributed by atoms with E-state index >= 15 is 0 Å². The molecule has 1 amide bonds. The van der Waals surface area contributed by atoms with Gasteiger partial charge in [-0.1, -0.05) is 41.4 Å². The quantitative estimate of drug-likeness (QED) is 0.884. The molecule has 2 aromatic rings. The molecule has 104 valence electrons. The summed E-state index contributed by atoms with van der Waals surface area (Å²) >= 11 is 6.13. The zero-order valence-corrected chi connectivity index (χ0v) is 12.3. The van der Waals surface area contributed by atoms with E-state index in [1.807, 2.05) is 18.2 Å². The lowest BCUT2D eigenvalue weighted by Crippen LogP contribution is -2.06. The summed E-state index contributed by atoms with van der Waals surface area (Å²) < 4.78 is 0. The SMILES string of the molecule is CC(=O)Nc1ccc(NCc2cccc(C)c2)cc1Cl. The van der Waals surface area contributed by atoms with Gasteiger partial charge in [-0.25, -0.2) is 0 Å². The molecule has 2 N–H and O–H groups in total. The molecule has 20 heavy (non-hydrogen) atoms. The van der Waals surface area contributed by atoms with Crippen molar-refractivity contribution in [1.82, 2.24) is 0 Å². The van der Waals surface area contributed by atoms with Gasteiger partial charge in [0.25, 0.3) is 0 Å². The molecule has 2 aromatic carbocycles. The van der Waals surface area contributed by atoms with Gasteiger partial charge in [0, 0.05) is 19.2 Å². The summed E-state index contributed by atoms with van der Waals surface area (Å²) in [5, 5.41) is 6.52. The van der Waals surface area contributed by atoms with E-state index < -0.39 is 0 Å². The fourth-order valence-electron chi connectivity index (χ4n) is 1.94. The second-order valence-corrected chi connectivity index (χ2v) is 5.13. The number of amides is 1. The van der Waals surface area contributed by atoms with Gasteiger partial charge >= 0.3 is 0 Å². The van der Waals surface area contributed by atoms with Crippen LogP contribution in [0.25, 0.3) is 0 Å². The molecule has 0 saturated carbocycles. The molecule has 0 unspecified atom stereocenters. The van der Waals surface area contributed by atoms with Crippen molar-refractivity contribution in [2.24, 2.45) is 0 Å². The predicted octanol–water partition coefficient (Wildman–Crippen LogP) is 4.22. The fourth-order valence-corrected chi connectivity index (χ4v) is 2.17. The molecule has 4 heteroatoms. The number of aryl methyl sites for hydroxylation is 1. The first kappa shape index (κ1) is 14.4. The smallest absolute Gasteiger partial charge is 0.221 e. The van der Waals surface area contributed by atoms with Gasteiger partial charge < -0.3 is 10.6 Å². The van der Waals surface area contributed by atoms with Gasteiger partial charge in [-0.2, -0.15) is 0 Å². The molecule has 0 aliphatic heterocycles. The van der Waals surface area contributed by atoms with E-state index in [0.717, 1.165) is 12.2 Å². The van der Waals surface area contributed by atoms with E-state index in [9.17, 15) is 4.79 Å². The maximum absolute atomic E-state index is 11.0. The molecule has 0 atom stereocenters. The van der Waals surface area contributed by atoms with Crippen molar-refractivity contribution < 1.29 is 4.79 Å². The van der Waals surface area contributed by atoms with E-state index in [0.29, 0.717) is 10.7 Å². The summed E-state index contributed by atoms with van der Waals surface area (Å²) in [4.78, 5) is 11.0. The van der Waals surface area contributed by atoms with Crippen LogP contribution in [0.5, 0.6) is 0 Å². The first-order valence-corrected chi connectivity index (χ1v) is 6.79. The van der Waals surface area contributed by atoms with Crippen LogP contribution in [0.4, 0.5) is 11.4 Å². The maximum Gasteiger partial charge on any atom is 0.221 e. The number of hydrogen-bond donors (Lipinski definition) is 2. The summed E-state index contributed by atoms with van der Waals surface area (Å²) in [6, 6.07) is 13.8. The number of benzene rings is 2. The van der Waals surface area contributed by atoms with Crippen LogP contribution < -0.4 is 10.6 Å². The van der Waals surface area contributed by atoms with Crippen molar-refractivity contribution in [3.05, 3.63) is 58.6 Å². The molecule has 3 nitrogen and oxygen atoms in total. The van der Waals surface area contributed by atoms with Gasteiger partial charge in [-0.05, 0) is 30.7 Å². The van der Waals surface area contributed by atoms with Gasteiger partial charge in [0.2, 0.25) is 5.91 Å². The second kappa shape index (κ2) is 6.44. The van der Waals surface area contributed by atoms with Crippen LogP contribution in [0.15, 0.2) is 42.5 Å². The Kier molecular flexibility index (Phi) is 4.64. The highest BCUT2D eigenvalue weighted by Gasteiger charge is 2.03. The molecular formula is C16H17ClN2O. The second-order valence-electron chi connectivity index (χ2n) is 4.72. The zero-order chi connectivity index (χ0) is 14.5. The minimum absolute atomic E-state index is 0.132. The lowest BCUT2D eigenvalue weighted by Gasteiger charge is -2.10. The van der Waals surface area contributed by atoms with Gasteiger partial charge in [-0.3, -0.25) is 4.79 Å². The maximum atomic E-state index is 11.0. The summed E-state index contributed by atoms with van der Waals surface area (Å²) in [6.45, 7) is 4.26. The van der Waals surface area contributed by atoms with Crippen molar-refractivity contribution in [2.75, 3.05) is 10.6 Å². The summed E-state index contributed by atoms with van der Waals surface area (Å²) in [5.74, 6) is -0.132. The molecule has 0 bridgehead atoms. The van der Waals surface area contributed by atoms with Crippen molar-refractivity contribution >= 4 is 28.9 Å². The Morgan fingerprint density at radius 1 is 1.20 bits per heavy atom. The van der Waals surface area contributed by atoms with Gasteiger partial charge in [0.05, 0.1) is 10.7 Å². The Bertz CT molecular complexity index is 626. The monoisotopic (exact) mass is 288 g/mol. The Balaban J connectivity index is 2.03. The molecule has 0 aromatic heterocycles. The van der Waals surface area contributed by atoms with Crippen molar-refractivity contribution in [1.29, 1.82) is 0 Å². The van der Waals surface area contributed by atoms with Crippen LogP contribution in [0, 0.1) is 6.92 Å². The zero-order valence-electron chi connectivity index (χ0n) is 11.5. The molecule has 0 aliphatic carbocycles. The highest BCUT2D eigenvalue weighted by atomic mass is 35.5. The average Bonchev–Trinajstić information content (AvgIpc) is 2.39. The Hall–Kier alpha value is -2.00. The molecule has 0 radical (unpaired) electrons. The first-order chi connectivity index (χ1) is 9.54. The minimum Gasteiger partial charge on any atom is -0.381 e. The topological polar surface area (TPSA) is 41.1 Å². The van der Waals surface area contributed by atoms with Crippen molar-refractivity contribution in [2.45, 2.75) is 20.4 Å². The van der Waals surface area contributed by atoms with E-state index in [4.69, 9.17) is 11.6 Å². The number of anilines is 2. The number of carbonyl (C=O) groups is 1. The van der Waals surface area contributed by atoms with Gasteiger partial charge in [0.15, 0.2) is 0 Å². The van der Waals surface area contributed by atoms with E-state index in [1.54, 1.807) is 6.07 Å². The van der Waals surface area contributed by atoms with Gasteiger partial charge in [-0.15, -0.1) is 0 Å². The van der Waals surface area contributed by atoms with Crippen LogP contribution in [0.3, 0.4) is 0 Å². The molecular weight excluding hydrogens is 272 g/mol. The molecule has 0 fully saturated rings. The van der Waals surface area contributed by atoms with E-state index in [2.05, 4.69) is 35.8 Å². The largest absolute Gasteiger partial charge is 0.381 e. The van der Waals surface area contributed by atoms with Crippen LogP contribution in [0.2, 0.25) is 5.02 Å². The Labute approximate surface area is 124 Å². The molecule has 0 spiro atoms.